The zero-order valence-electron chi connectivity index (χ0n) is 14.2. The summed E-state index contributed by atoms with van der Waals surface area (Å²) in [5.74, 6) is -1.89. The van der Waals surface area contributed by atoms with E-state index >= 15 is 0 Å². The molecular weight excluding hydrogens is 384 g/mol. The van der Waals surface area contributed by atoms with E-state index < -0.39 is 26.6 Å². The smallest absolute Gasteiger partial charge is 0.246 e. The van der Waals surface area contributed by atoms with Crippen molar-refractivity contribution in [3.8, 4) is 0 Å². The summed E-state index contributed by atoms with van der Waals surface area (Å²) in [5, 5.41) is 3.72. The first-order chi connectivity index (χ1) is 12.4. The number of thiocarbonyl (C=S) groups is 1. The molecule has 0 unspecified atom stereocenters. The van der Waals surface area contributed by atoms with Crippen LogP contribution in [0.4, 0.5) is 8.78 Å². The molecule has 2 saturated heterocycles. The zero-order chi connectivity index (χ0) is 18.7. The fraction of sp³-hybridized carbons (Fsp3) is 0.562. The lowest BCUT2D eigenvalue weighted by molar-refractivity contribution is 0.113. The maximum Gasteiger partial charge on any atom is 0.246 e. The molecule has 0 aromatic heterocycles. The first kappa shape index (κ1) is 19.4. The molecule has 1 aromatic rings. The predicted molar refractivity (Wildman–Crippen MR) is 96.3 cm³/mol. The monoisotopic (exact) mass is 405 g/mol. The van der Waals surface area contributed by atoms with Gasteiger partial charge in [0.1, 0.15) is 16.5 Å². The summed E-state index contributed by atoms with van der Waals surface area (Å²) >= 11 is 5.36. The number of hydrogen-bond donors (Lipinski definition) is 1. The number of sulfonamides is 1. The van der Waals surface area contributed by atoms with E-state index in [0.717, 1.165) is 31.6 Å². The Kier molecular flexibility index (Phi) is 6.06. The van der Waals surface area contributed by atoms with Crippen molar-refractivity contribution in [2.45, 2.75) is 23.8 Å². The molecule has 0 aliphatic carbocycles. The van der Waals surface area contributed by atoms with Crippen LogP contribution in [0.25, 0.3) is 0 Å². The fourth-order valence-electron chi connectivity index (χ4n) is 3.07. The summed E-state index contributed by atoms with van der Waals surface area (Å²) in [6.45, 7) is 2.58. The number of hydrogen-bond acceptors (Lipinski definition) is 4. The number of nitrogens with one attached hydrogen (secondary N) is 1. The van der Waals surface area contributed by atoms with E-state index in [2.05, 4.69) is 5.32 Å². The summed E-state index contributed by atoms with van der Waals surface area (Å²) in [6.07, 6.45) is 2.22. The van der Waals surface area contributed by atoms with Crippen molar-refractivity contribution in [3.63, 3.8) is 0 Å². The van der Waals surface area contributed by atoms with Gasteiger partial charge >= 0.3 is 0 Å². The molecule has 26 heavy (non-hydrogen) atoms. The second-order valence-corrected chi connectivity index (χ2v) is 8.58. The van der Waals surface area contributed by atoms with E-state index in [-0.39, 0.29) is 19.2 Å². The Morgan fingerprint density at radius 2 is 2.00 bits per heavy atom. The minimum atomic E-state index is -4.00. The van der Waals surface area contributed by atoms with Crippen LogP contribution in [-0.4, -0.2) is 68.2 Å². The molecule has 2 aliphatic rings. The van der Waals surface area contributed by atoms with Gasteiger partial charge in [-0.1, -0.05) is 0 Å². The highest BCUT2D eigenvalue weighted by Crippen LogP contribution is 2.21. The van der Waals surface area contributed by atoms with E-state index in [1.165, 1.54) is 4.31 Å². The van der Waals surface area contributed by atoms with E-state index in [0.29, 0.717) is 30.8 Å². The van der Waals surface area contributed by atoms with Crippen LogP contribution in [0.1, 0.15) is 12.8 Å². The minimum Gasteiger partial charge on any atom is -0.376 e. The number of rotatable bonds is 4. The van der Waals surface area contributed by atoms with E-state index in [9.17, 15) is 17.2 Å². The van der Waals surface area contributed by atoms with Gasteiger partial charge in [0.25, 0.3) is 0 Å². The van der Waals surface area contributed by atoms with Gasteiger partial charge in [0.15, 0.2) is 5.11 Å². The molecule has 0 saturated carbocycles. The molecule has 1 N–H and O–H groups in total. The van der Waals surface area contributed by atoms with Crippen LogP contribution < -0.4 is 5.32 Å². The largest absolute Gasteiger partial charge is 0.376 e. The second kappa shape index (κ2) is 8.12. The van der Waals surface area contributed by atoms with Crippen molar-refractivity contribution in [1.82, 2.24) is 14.5 Å². The lowest BCUT2D eigenvalue weighted by atomic mass is 10.2. The molecule has 0 bridgehead atoms. The summed E-state index contributed by atoms with van der Waals surface area (Å²) < 4.78 is 58.8. The Balaban J connectivity index is 1.56. The number of piperazine rings is 1. The molecule has 6 nitrogen and oxygen atoms in total. The van der Waals surface area contributed by atoms with Gasteiger partial charge < -0.3 is 15.0 Å². The third kappa shape index (κ3) is 4.30. The second-order valence-electron chi connectivity index (χ2n) is 6.29. The molecule has 3 rings (SSSR count). The van der Waals surface area contributed by atoms with Gasteiger partial charge in [-0.25, -0.2) is 17.2 Å². The van der Waals surface area contributed by atoms with Crippen molar-refractivity contribution in [3.05, 3.63) is 29.8 Å². The summed E-state index contributed by atoms with van der Waals surface area (Å²) in [6, 6.07) is 2.48. The molecule has 2 aliphatic heterocycles. The first-order valence-electron chi connectivity index (χ1n) is 8.47. The Hall–Kier alpha value is -1.36. The van der Waals surface area contributed by atoms with Crippen LogP contribution in [0.5, 0.6) is 0 Å². The molecule has 1 atom stereocenters. The zero-order valence-corrected chi connectivity index (χ0v) is 15.8. The quantitative estimate of drug-likeness (QED) is 0.763. The standard InChI is InChI=1S/C16H21F2N3O3S2/c17-12-3-4-15(14(18)10-12)26(22,23)21-7-5-20(6-8-21)16(25)19-11-13-2-1-9-24-13/h3-4,10,13H,1-2,5-9,11H2,(H,19,25)/t13-/m0/s1. The fourth-order valence-corrected chi connectivity index (χ4v) is 4.81. The molecule has 2 heterocycles. The van der Waals surface area contributed by atoms with E-state index in [1.54, 1.807) is 0 Å². The SMILES string of the molecule is O=S(=O)(c1ccc(F)cc1F)N1CCN(C(=S)NC[C@@H]2CCCO2)CC1. The maximum absolute atomic E-state index is 13.9. The van der Waals surface area contributed by atoms with Gasteiger partial charge in [-0.3, -0.25) is 0 Å². The third-order valence-corrected chi connectivity index (χ3v) is 6.88. The van der Waals surface area contributed by atoms with Crippen LogP contribution in [0.2, 0.25) is 0 Å². The topological polar surface area (TPSA) is 61.9 Å². The van der Waals surface area contributed by atoms with Crippen molar-refractivity contribution < 1.29 is 21.9 Å². The Morgan fingerprint density at radius 3 is 2.62 bits per heavy atom. The molecule has 0 radical (unpaired) electrons. The molecule has 144 valence electrons. The average Bonchev–Trinajstić information content (AvgIpc) is 3.13. The van der Waals surface area contributed by atoms with Crippen LogP contribution >= 0.6 is 12.2 Å². The van der Waals surface area contributed by atoms with Gasteiger partial charge in [0.2, 0.25) is 10.0 Å². The van der Waals surface area contributed by atoms with Gasteiger partial charge in [0, 0.05) is 45.4 Å². The lowest BCUT2D eigenvalue weighted by Gasteiger charge is -2.35. The minimum absolute atomic E-state index is 0.163. The van der Waals surface area contributed by atoms with Gasteiger partial charge in [0.05, 0.1) is 6.10 Å². The molecule has 0 amide bonds. The van der Waals surface area contributed by atoms with Crippen molar-refractivity contribution in [2.24, 2.45) is 0 Å². The molecule has 1 aromatic carbocycles. The number of halogens is 2. The predicted octanol–water partition coefficient (Wildman–Crippen LogP) is 1.32. The van der Waals surface area contributed by atoms with E-state index in [4.69, 9.17) is 17.0 Å². The third-order valence-electron chi connectivity index (χ3n) is 4.54. The molecular formula is C16H21F2N3O3S2. The lowest BCUT2D eigenvalue weighted by Crippen LogP contribution is -2.53. The van der Waals surface area contributed by atoms with Crippen molar-refractivity contribution >= 4 is 27.4 Å². The number of ether oxygens (including phenoxy) is 1. The van der Waals surface area contributed by atoms with Gasteiger partial charge in [-0.15, -0.1) is 0 Å². The Labute approximate surface area is 157 Å². The Morgan fingerprint density at radius 1 is 1.27 bits per heavy atom. The number of nitrogens with zero attached hydrogens (tertiary/aromatic N) is 2. The Bertz CT molecular complexity index is 762. The number of benzene rings is 1. The summed E-state index contributed by atoms with van der Waals surface area (Å²) in [5.41, 5.74) is 0. The van der Waals surface area contributed by atoms with Crippen LogP contribution in [0, 0.1) is 11.6 Å². The first-order valence-corrected chi connectivity index (χ1v) is 10.3. The molecule has 10 heteroatoms. The normalized spacial score (nSPS) is 21.8. The van der Waals surface area contributed by atoms with Crippen molar-refractivity contribution in [1.29, 1.82) is 0 Å². The maximum atomic E-state index is 13.9. The average molecular weight is 405 g/mol. The highest BCUT2D eigenvalue weighted by Gasteiger charge is 2.31. The van der Waals surface area contributed by atoms with E-state index in [1.807, 2.05) is 4.90 Å². The van der Waals surface area contributed by atoms with Gasteiger partial charge in [-0.05, 0) is 37.2 Å². The molecule has 2 fully saturated rings. The van der Waals surface area contributed by atoms with Crippen LogP contribution in [-0.2, 0) is 14.8 Å². The molecule has 0 spiro atoms. The van der Waals surface area contributed by atoms with Crippen molar-refractivity contribution in [2.75, 3.05) is 39.3 Å². The van der Waals surface area contributed by atoms with Gasteiger partial charge in [-0.2, -0.15) is 4.31 Å². The summed E-state index contributed by atoms with van der Waals surface area (Å²) in [7, 11) is -4.00. The van der Waals surface area contributed by atoms with Crippen LogP contribution in [0.15, 0.2) is 23.1 Å². The highest BCUT2D eigenvalue weighted by molar-refractivity contribution is 7.89. The highest BCUT2D eigenvalue weighted by atomic mass is 32.2. The van der Waals surface area contributed by atoms with Crippen LogP contribution in [0.3, 0.4) is 0 Å². The summed E-state index contributed by atoms with van der Waals surface area (Å²) in [4.78, 5) is 1.38.